The van der Waals surface area contributed by atoms with Crippen molar-refractivity contribution >= 4 is 5.69 Å². The molecule has 0 aliphatic rings. The largest absolute Gasteiger partial charge is 0.476 e. The Morgan fingerprint density at radius 3 is 3.05 bits per heavy atom. The SMILES string of the molecule is CCCn1cc(CNc2cccnc2OCC)cn1. The second-order valence-corrected chi connectivity index (χ2v) is 4.25. The van der Waals surface area contributed by atoms with Crippen LogP contribution in [0.5, 0.6) is 5.88 Å². The van der Waals surface area contributed by atoms with Crippen LogP contribution in [0.1, 0.15) is 25.8 Å². The maximum atomic E-state index is 5.47. The Morgan fingerprint density at radius 1 is 1.37 bits per heavy atom. The lowest BCUT2D eigenvalue weighted by Gasteiger charge is -2.09. The second kappa shape index (κ2) is 6.78. The standard InChI is InChI=1S/C14H20N4O/c1-3-8-18-11-12(10-17-18)9-16-13-6-5-7-15-14(13)19-4-2/h5-7,10-11,16H,3-4,8-9H2,1-2H3. The first-order valence-corrected chi connectivity index (χ1v) is 6.66. The molecule has 19 heavy (non-hydrogen) atoms. The minimum absolute atomic E-state index is 0.611. The molecule has 5 heteroatoms. The minimum Gasteiger partial charge on any atom is -0.476 e. The van der Waals surface area contributed by atoms with Crippen LogP contribution in [0.4, 0.5) is 5.69 Å². The fourth-order valence-corrected chi connectivity index (χ4v) is 1.82. The fourth-order valence-electron chi connectivity index (χ4n) is 1.82. The number of hydrogen-bond acceptors (Lipinski definition) is 4. The van der Waals surface area contributed by atoms with Crippen molar-refractivity contribution in [3.8, 4) is 5.88 Å². The molecule has 2 heterocycles. The normalized spacial score (nSPS) is 10.4. The maximum absolute atomic E-state index is 5.47. The molecule has 0 aliphatic heterocycles. The lowest BCUT2D eigenvalue weighted by Crippen LogP contribution is -2.03. The summed E-state index contributed by atoms with van der Waals surface area (Å²) in [6, 6.07) is 3.86. The van der Waals surface area contributed by atoms with E-state index in [1.165, 1.54) is 0 Å². The average Bonchev–Trinajstić information content (AvgIpc) is 2.86. The average molecular weight is 260 g/mol. The maximum Gasteiger partial charge on any atom is 0.237 e. The van der Waals surface area contributed by atoms with Gasteiger partial charge in [-0.15, -0.1) is 0 Å². The predicted octanol–water partition coefficient (Wildman–Crippen LogP) is 2.70. The fraction of sp³-hybridized carbons (Fsp3) is 0.429. The van der Waals surface area contributed by atoms with Crippen LogP contribution in [0.2, 0.25) is 0 Å². The van der Waals surface area contributed by atoms with E-state index in [4.69, 9.17) is 4.74 Å². The first kappa shape index (κ1) is 13.4. The van der Waals surface area contributed by atoms with Crippen molar-refractivity contribution in [1.82, 2.24) is 14.8 Å². The number of rotatable bonds is 7. The van der Waals surface area contributed by atoms with E-state index < -0.39 is 0 Å². The Labute approximate surface area is 113 Å². The van der Waals surface area contributed by atoms with Crippen molar-refractivity contribution in [2.24, 2.45) is 0 Å². The molecular formula is C14H20N4O. The minimum atomic E-state index is 0.611. The van der Waals surface area contributed by atoms with Crippen molar-refractivity contribution in [3.05, 3.63) is 36.3 Å². The van der Waals surface area contributed by atoms with Gasteiger partial charge in [-0.1, -0.05) is 6.92 Å². The molecule has 0 radical (unpaired) electrons. The van der Waals surface area contributed by atoms with Gasteiger partial charge in [-0.2, -0.15) is 5.10 Å². The van der Waals surface area contributed by atoms with Crippen molar-refractivity contribution < 1.29 is 4.74 Å². The van der Waals surface area contributed by atoms with Gasteiger partial charge in [0.2, 0.25) is 5.88 Å². The summed E-state index contributed by atoms with van der Waals surface area (Å²) in [4.78, 5) is 4.21. The van der Waals surface area contributed by atoms with Gasteiger partial charge < -0.3 is 10.1 Å². The summed E-state index contributed by atoms with van der Waals surface area (Å²) >= 11 is 0. The van der Waals surface area contributed by atoms with E-state index in [1.54, 1.807) is 6.20 Å². The van der Waals surface area contributed by atoms with Gasteiger partial charge in [0.15, 0.2) is 0 Å². The van der Waals surface area contributed by atoms with E-state index in [1.807, 2.05) is 29.9 Å². The highest BCUT2D eigenvalue weighted by molar-refractivity contribution is 5.52. The van der Waals surface area contributed by atoms with E-state index in [9.17, 15) is 0 Å². The monoisotopic (exact) mass is 260 g/mol. The molecule has 0 saturated carbocycles. The Balaban J connectivity index is 1.97. The summed E-state index contributed by atoms with van der Waals surface area (Å²) in [6.45, 7) is 6.38. The second-order valence-electron chi connectivity index (χ2n) is 4.25. The number of nitrogens with one attached hydrogen (secondary N) is 1. The van der Waals surface area contributed by atoms with Gasteiger partial charge in [-0.3, -0.25) is 4.68 Å². The summed E-state index contributed by atoms with van der Waals surface area (Å²) in [7, 11) is 0. The Hall–Kier alpha value is -2.04. The first-order valence-electron chi connectivity index (χ1n) is 6.66. The molecule has 2 aromatic rings. The Bertz CT molecular complexity index is 510. The topological polar surface area (TPSA) is 52.0 Å². The molecule has 1 N–H and O–H groups in total. The number of hydrogen-bond donors (Lipinski definition) is 1. The molecule has 0 bridgehead atoms. The number of nitrogens with zero attached hydrogens (tertiary/aromatic N) is 3. The first-order chi connectivity index (χ1) is 9.33. The summed E-state index contributed by atoms with van der Waals surface area (Å²) in [5.41, 5.74) is 2.06. The van der Waals surface area contributed by atoms with Crippen LogP contribution in [-0.2, 0) is 13.1 Å². The van der Waals surface area contributed by atoms with Gasteiger partial charge in [0.05, 0.1) is 18.5 Å². The lowest BCUT2D eigenvalue weighted by molar-refractivity contribution is 0.328. The van der Waals surface area contributed by atoms with E-state index in [-0.39, 0.29) is 0 Å². The number of aromatic nitrogens is 3. The summed E-state index contributed by atoms with van der Waals surface area (Å²) in [5.74, 6) is 0.644. The number of anilines is 1. The van der Waals surface area contributed by atoms with Crippen LogP contribution < -0.4 is 10.1 Å². The molecule has 2 aromatic heterocycles. The quantitative estimate of drug-likeness (QED) is 0.831. The smallest absolute Gasteiger partial charge is 0.237 e. The summed E-state index contributed by atoms with van der Waals surface area (Å²) in [5, 5.41) is 7.64. The molecule has 0 unspecified atom stereocenters. The van der Waals surface area contributed by atoms with Crippen LogP contribution in [0.15, 0.2) is 30.7 Å². The molecule has 2 rings (SSSR count). The number of ether oxygens (including phenoxy) is 1. The van der Waals surface area contributed by atoms with E-state index in [0.717, 1.165) is 30.8 Å². The number of pyridine rings is 1. The van der Waals surface area contributed by atoms with Gasteiger partial charge in [-0.25, -0.2) is 4.98 Å². The third-order valence-electron chi connectivity index (χ3n) is 2.67. The molecule has 0 fully saturated rings. The van der Waals surface area contributed by atoms with E-state index in [0.29, 0.717) is 12.5 Å². The van der Waals surface area contributed by atoms with Crippen molar-refractivity contribution in [1.29, 1.82) is 0 Å². The van der Waals surface area contributed by atoms with Crippen molar-refractivity contribution in [2.45, 2.75) is 33.4 Å². The van der Waals surface area contributed by atoms with Crippen molar-refractivity contribution in [3.63, 3.8) is 0 Å². The van der Waals surface area contributed by atoms with Crippen LogP contribution >= 0.6 is 0 Å². The molecule has 102 valence electrons. The highest BCUT2D eigenvalue weighted by atomic mass is 16.5. The molecule has 0 amide bonds. The van der Waals surface area contributed by atoms with Gasteiger partial charge in [-0.05, 0) is 25.5 Å². The Morgan fingerprint density at radius 2 is 2.26 bits per heavy atom. The third-order valence-corrected chi connectivity index (χ3v) is 2.67. The van der Waals surface area contributed by atoms with Crippen LogP contribution in [0.3, 0.4) is 0 Å². The molecule has 0 aromatic carbocycles. The van der Waals surface area contributed by atoms with E-state index >= 15 is 0 Å². The molecule has 0 aliphatic carbocycles. The third kappa shape index (κ3) is 3.71. The highest BCUT2D eigenvalue weighted by Gasteiger charge is 2.04. The Kier molecular flexibility index (Phi) is 4.78. The van der Waals surface area contributed by atoms with Crippen LogP contribution in [0.25, 0.3) is 0 Å². The van der Waals surface area contributed by atoms with Gasteiger partial charge in [0.25, 0.3) is 0 Å². The molecular weight excluding hydrogens is 240 g/mol. The molecule has 0 saturated heterocycles. The van der Waals surface area contributed by atoms with Gasteiger partial charge in [0.1, 0.15) is 0 Å². The summed E-state index contributed by atoms with van der Waals surface area (Å²) in [6.07, 6.45) is 6.77. The van der Waals surface area contributed by atoms with Crippen LogP contribution in [0, 0.1) is 0 Å². The molecule has 0 spiro atoms. The number of aryl methyl sites for hydroxylation is 1. The predicted molar refractivity (Wildman–Crippen MR) is 75.3 cm³/mol. The zero-order valence-corrected chi connectivity index (χ0v) is 11.5. The summed E-state index contributed by atoms with van der Waals surface area (Å²) < 4.78 is 7.44. The highest BCUT2D eigenvalue weighted by Crippen LogP contribution is 2.21. The zero-order valence-electron chi connectivity index (χ0n) is 11.5. The molecule has 5 nitrogen and oxygen atoms in total. The lowest BCUT2D eigenvalue weighted by atomic mass is 10.3. The van der Waals surface area contributed by atoms with Gasteiger partial charge in [0, 0.05) is 31.0 Å². The zero-order chi connectivity index (χ0) is 13.5. The van der Waals surface area contributed by atoms with Crippen LogP contribution in [-0.4, -0.2) is 21.4 Å². The van der Waals surface area contributed by atoms with Gasteiger partial charge >= 0.3 is 0 Å². The van der Waals surface area contributed by atoms with E-state index in [2.05, 4.69) is 28.5 Å². The molecule has 0 atom stereocenters. The van der Waals surface area contributed by atoms with Crippen molar-refractivity contribution in [2.75, 3.05) is 11.9 Å².